The van der Waals surface area contributed by atoms with Crippen LogP contribution in [0.3, 0.4) is 0 Å². The second-order valence-corrected chi connectivity index (χ2v) is 3.95. The third-order valence-corrected chi connectivity index (χ3v) is 2.56. The van der Waals surface area contributed by atoms with Crippen molar-refractivity contribution in [3.05, 3.63) is 64.7 Å². The first-order valence-corrected chi connectivity index (χ1v) is 5.43. The number of benzene rings is 1. The molecule has 0 aliphatic carbocycles. The molecule has 0 spiro atoms. The van der Waals surface area contributed by atoms with Crippen LogP contribution in [0.5, 0.6) is 0 Å². The first kappa shape index (κ1) is 11.7. The Hall–Kier alpha value is -1.74. The highest BCUT2D eigenvalue weighted by atomic mass is 35.5. The molecule has 86 valence electrons. The van der Waals surface area contributed by atoms with Gasteiger partial charge >= 0.3 is 0 Å². The number of hydrogen-bond acceptors (Lipinski definition) is 2. The molecule has 0 aliphatic rings. The van der Waals surface area contributed by atoms with E-state index >= 15 is 0 Å². The smallest absolute Gasteiger partial charge is 0.167 e. The van der Waals surface area contributed by atoms with E-state index in [1.54, 1.807) is 24.3 Å². The Morgan fingerprint density at radius 3 is 2.76 bits per heavy atom. The average molecular weight is 250 g/mol. The summed E-state index contributed by atoms with van der Waals surface area (Å²) in [5.74, 6) is -0.555. The van der Waals surface area contributed by atoms with Crippen molar-refractivity contribution in [3.63, 3.8) is 0 Å². The Labute approximate surface area is 103 Å². The number of Topliss-reactive ketones (excluding diaryl/α,β-unsaturated/α-hetero) is 1. The zero-order valence-corrected chi connectivity index (χ0v) is 9.62. The summed E-state index contributed by atoms with van der Waals surface area (Å²) in [6.45, 7) is 0. The molecule has 2 aromatic rings. The van der Waals surface area contributed by atoms with E-state index in [-0.39, 0.29) is 23.2 Å². The maximum absolute atomic E-state index is 13.4. The lowest BCUT2D eigenvalue weighted by atomic mass is 10.0. The molecule has 0 aliphatic heterocycles. The van der Waals surface area contributed by atoms with Crippen LogP contribution in [-0.4, -0.2) is 10.8 Å². The highest BCUT2D eigenvalue weighted by Crippen LogP contribution is 2.13. The van der Waals surface area contributed by atoms with Crippen molar-refractivity contribution < 1.29 is 9.18 Å². The fourth-order valence-electron chi connectivity index (χ4n) is 1.49. The van der Waals surface area contributed by atoms with Crippen molar-refractivity contribution in [2.45, 2.75) is 6.42 Å². The fraction of sp³-hybridized carbons (Fsp3) is 0.0769. The van der Waals surface area contributed by atoms with E-state index in [4.69, 9.17) is 11.6 Å². The highest BCUT2D eigenvalue weighted by Gasteiger charge is 2.10. The Morgan fingerprint density at radius 2 is 2.06 bits per heavy atom. The average Bonchev–Trinajstić information content (AvgIpc) is 2.32. The zero-order valence-electron chi connectivity index (χ0n) is 8.86. The topological polar surface area (TPSA) is 30.0 Å². The molecule has 1 aromatic heterocycles. The lowest BCUT2D eigenvalue weighted by Crippen LogP contribution is -2.05. The number of carbonyl (C=O) groups is 1. The quantitative estimate of drug-likeness (QED) is 0.617. The number of ketones is 1. The minimum Gasteiger partial charge on any atom is -0.294 e. The SMILES string of the molecule is O=C(Cc1ccccc1F)c1ccnc(Cl)c1. The summed E-state index contributed by atoms with van der Waals surface area (Å²) < 4.78 is 13.4. The normalized spacial score (nSPS) is 10.2. The van der Waals surface area contributed by atoms with E-state index in [9.17, 15) is 9.18 Å². The molecule has 0 saturated carbocycles. The van der Waals surface area contributed by atoms with Crippen LogP contribution in [0.25, 0.3) is 0 Å². The van der Waals surface area contributed by atoms with Crippen LogP contribution in [-0.2, 0) is 6.42 Å². The van der Waals surface area contributed by atoms with Crippen molar-refractivity contribution >= 4 is 17.4 Å². The third kappa shape index (κ3) is 2.88. The van der Waals surface area contributed by atoms with Gasteiger partial charge in [0.2, 0.25) is 0 Å². The number of halogens is 2. The fourth-order valence-corrected chi connectivity index (χ4v) is 1.67. The van der Waals surface area contributed by atoms with Gasteiger partial charge in [-0.2, -0.15) is 0 Å². The summed E-state index contributed by atoms with van der Waals surface area (Å²) in [5.41, 5.74) is 0.818. The molecule has 1 heterocycles. The molecular weight excluding hydrogens is 241 g/mol. The van der Waals surface area contributed by atoms with Crippen LogP contribution in [0.1, 0.15) is 15.9 Å². The van der Waals surface area contributed by atoms with Crippen LogP contribution in [0, 0.1) is 5.82 Å². The molecule has 2 rings (SSSR count). The van der Waals surface area contributed by atoms with E-state index in [2.05, 4.69) is 4.98 Å². The van der Waals surface area contributed by atoms with Crippen molar-refractivity contribution in [2.24, 2.45) is 0 Å². The standard InChI is InChI=1S/C13H9ClFNO/c14-13-8-10(5-6-16-13)12(17)7-9-3-1-2-4-11(9)15/h1-6,8H,7H2. The molecule has 0 saturated heterocycles. The summed E-state index contributed by atoms with van der Waals surface area (Å²) in [5, 5.41) is 0.254. The first-order valence-electron chi connectivity index (χ1n) is 5.05. The highest BCUT2D eigenvalue weighted by molar-refractivity contribution is 6.29. The monoisotopic (exact) mass is 249 g/mol. The van der Waals surface area contributed by atoms with Gasteiger partial charge in [-0.3, -0.25) is 4.79 Å². The second-order valence-electron chi connectivity index (χ2n) is 3.56. The van der Waals surface area contributed by atoms with Crippen molar-refractivity contribution in [1.82, 2.24) is 4.98 Å². The van der Waals surface area contributed by atoms with Crippen LogP contribution in [0.15, 0.2) is 42.6 Å². The van der Waals surface area contributed by atoms with Gasteiger partial charge in [-0.25, -0.2) is 9.37 Å². The summed E-state index contributed by atoms with van der Waals surface area (Å²) in [7, 11) is 0. The van der Waals surface area contributed by atoms with E-state index in [1.165, 1.54) is 18.3 Å². The molecule has 0 radical (unpaired) electrons. The number of rotatable bonds is 3. The summed E-state index contributed by atoms with van der Waals surface area (Å²) in [6.07, 6.45) is 1.48. The van der Waals surface area contributed by atoms with Gasteiger partial charge < -0.3 is 0 Å². The van der Waals surface area contributed by atoms with Crippen LogP contribution in [0.4, 0.5) is 4.39 Å². The Morgan fingerprint density at radius 1 is 1.29 bits per heavy atom. The maximum atomic E-state index is 13.4. The Balaban J connectivity index is 2.20. The Kier molecular flexibility index (Phi) is 3.49. The molecule has 4 heteroatoms. The summed E-state index contributed by atoms with van der Waals surface area (Å²) >= 11 is 5.69. The zero-order chi connectivity index (χ0) is 12.3. The molecule has 0 amide bonds. The van der Waals surface area contributed by atoms with E-state index < -0.39 is 0 Å². The van der Waals surface area contributed by atoms with Gasteiger partial charge in [0.15, 0.2) is 5.78 Å². The maximum Gasteiger partial charge on any atom is 0.167 e. The van der Waals surface area contributed by atoms with Gasteiger partial charge in [0.05, 0.1) is 0 Å². The predicted octanol–water partition coefficient (Wildman–Crippen LogP) is 3.30. The molecule has 0 fully saturated rings. The minimum atomic E-state index is -0.374. The van der Waals surface area contributed by atoms with Gasteiger partial charge in [-0.15, -0.1) is 0 Å². The summed E-state index contributed by atoms with van der Waals surface area (Å²) in [4.78, 5) is 15.7. The molecular formula is C13H9ClFNO. The number of carbonyl (C=O) groups excluding carboxylic acids is 1. The van der Waals surface area contributed by atoms with Crippen molar-refractivity contribution in [3.8, 4) is 0 Å². The van der Waals surface area contributed by atoms with Gasteiger partial charge in [-0.1, -0.05) is 29.8 Å². The van der Waals surface area contributed by atoms with E-state index in [0.29, 0.717) is 11.1 Å². The predicted molar refractivity (Wildman–Crippen MR) is 63.7 cm³/mol. The molecule has 1 aromatic carbocycles. The molecule has 0 N–H and O–H groups in total. The number of pyridine rings is 1. The van der Waals surface area contributed by atoms with Gasteiger partial charge in [0, 0.05) is 18.2 Å². The first-order chi connectivity index (χ1) is 8.16. The number of nitrogens with zero attached hydrogens (tertiary/aromatic N) is 1. The lowest BCUT2D eigenvalue weighted by Gasteiger charge is -2.02. The minimum absolute atomic E-state index is 0.0208. The molecule has 0 atom stereocenters. The van der Waals surface area contributed by atoms with Gasteiger partial charge in [0.1, 0.15) is 11.0 Å². The van der Waals surface area contributed by atoms with E-state index in [1.807, 2.05) is 0 Å². The molecule has 17 heavy (non-hydrogen) atoms. The summed E-state index contributed by atoms with van der Waals surface area (Å²) in [6, 6.07) is 9.26. The third-order valence-electron chi connectivity index (χ3n) is 2.36. The van der Waals surface area contributed by atoms with Crippen molar-refractivity contribution in [1.29, 1.82) is 0 Å². The van der Waals surface area contributed by atoms with Gasteiger partial charge in [-0.05, 0) is 23.8 Å². The molecule has 0 bridgehead atoms. The second kappa shape index (κ2) is 5.06. The van der Waals surface area contributed by atoms with Gasteiger partial charge in [0.25, 0.3) is 0 Å². The van der Waals surface area contributed by atoms with Crippen molar-refractivity contribution in [2.75, 3.05) is 0 Å². The molecule has 0 unspecified atom stereocenters. The number of hydrogen-bond donors (Lipinski definition) is 0. The Bertz CT molecular complexity index is 557. The van der Waals surface area contributed by atoms with Crippen LogP contribution in [0.2, 0.25) is 5.15 Å². The number of aromatic nitrogens is 1. The largest absolute Gasteiger partial charge is 0.294 e. The van der Waals surface area contributed by atoms with E-state index in [0.717, 1.165) is 0 Å². The lowest BCUT2D eigenvalue weighted by molar-refractivity contribution is 0.0991. The van der Waals surface area contributed by atoms with Crippen LogP contribution >= 0.6 is 11.6 Å². The van der Waals surface area contributed by atoms with Crippen LogP contribution < -0.4 is 0 Å². The molecule has 2 nitrogen and oxygen atoms in total.